The molecule has 2 aromatic carbocycles. The summed E-state index contributed by atoms with van der Waals surface area (Å²) < 4.78 is 7.38. The molecule has 0 aliphatic heterocycles. The second-order valence-corrected chi connectivity index (χ2v) is 5.70. The van der Waals surface area contributed by atoms with Gasteiger partial charge in [0.05, 0.1) is 5.52 Å². The predicted octanol–water partition coefficient (Wildman–Crippen LogP) is 4.40. The Balaban J connectivity index is 0.00000109. The van der Waals surface area contributed by atoms with Crippen LogP contribution in [0.5, 0.6) is 0 Å². The predicted molar refractivity (Wildman–Crippen MR) is 112 cm³/mol. The Bertz CT molecular complexity index is 813. The Morgan fingerprint density at radius 3 is 2.36 bits per heavy atom. The van der Waals surface area contributed by atoms with E-state index in [-0.39, 0.29) is 5.97 Å². The minimum Gasteiger partial charge on any atom is -0.460 e. The topological polar surface area (TPSA) is 34.5 Å². The first kappa shape index (κ1) is 19.5. The van der Waals surface area contributed by atoms with Crippen molar-refractivity contribution in [1.29, 1.82) is 0 Å². The van der Waals surface area contributed by atoms with E-state index >= 15 is 0 Å². The first-order valence-corrected chi connectivity index (χ1v) is 10.2. The number of nitrogens with zero attached hydrogens (tertiary/aromatic N) is 2. The zero-order valence-electron chi connectivity index (χ0n) is 14.8. The zero-order chi connectivity index (χ0) is 18.2. The summed E-state index contributed by atoms with van der Waals surface area (Å²) in [5.74, 6) is -0.299. The smallest absolute Gasteiger partial charge is 0.355 e. The van der Waals surface area contributed by atoms with Crippen molar-refractivity contribution in [1.82, 2.24) is 9.47 Å². The van der Waals surface area contributed by atoms with Crippen molar-refractivity contribution in [3.63, 3.8) is 0 Å². The molecule has 3 aromatic rings. The number of likely N-dealkylation sites (N-methyl/N-ethyl adjacent to an activating group) is 1. The van der Waals surface area contributed by atoms with E-state index < -0.39 is 0 Å². The number of alkyl halides is 1. The fraction of sp³-hybridized carbons (Fsp3) is 0.250. The number of benzene rings is 2. The van der Waals surface area contributed by atoms with Crippen LogP contribution < -0.4 is 0 Å². The van der Waals surface area contributed by atoms with E-state index in [4.69, 9.17) is 4.74 Å². The van der Waals surface area contributed by atoms with Crippen LogP contribution in [0.25, 0.3) is 16.6 Å². The van der Waals surface area contributed by atoms with Gasteiger partial charge in [-0.15, -0.1) is 0 Å². The van der Waals surface area contributed by atoms with Crippen LogP contribution in [0.3, 0.4) is 0 Å². The quantitative estimate of drug-likeness (QED) is 0.329. The van der Waals surface area contributed by atoms with Crippen LogP contribution in [0.4, 0.5) is 0 Å². The number of aromatic nitrogens is 1. The first-order valence-electron chi connectivity index (χ1n) is 8.02. The largest absolute Gasteiger partial charge is 0.460 e. The van der Waals surface area contributed by atoms with E-state index in [1.54, 1.807) is 0 Å². The summed E-state index contributed by atoms with van der Waals surface area (Å²) in [4.78, 5) is 16.5. The average molecular weight is 450 g/mol. The lowest BCUT2D eigenvalue weighted by molar-refractivity contribution is 0.0473. The van der Waals surface area contributed by atoms with Gasteiger partial charge in [-0.3, -0.25) is 0 Å². The maximum Gasteiger partial charge on any atom is 0.355 e. The molecular weight excluding hydrogens is 427 g/mol. The second kappa shape index (κ2) is 9.58. The summed E-state index contributed by atoms with van der Waals surface area (Å²) in [6.07, 6.45) is 0. The van der Waals surface area contributed by atoms with Crippen molar-refractivity contribution >= 4 is 39.5 Å². The molecule has 0 amide bonds. The molecule has 0 bridgehead atoms. The van der Waals surface area contributed by atoms with Crippen LogP contribution in [0.15, 0.2) is 60.7 Å². The van der Waals surface area contributed by atoms with Gasteiger partial charge >= 0.3 is 5.97 Å². The van der Waals surface area contributed by atoms with Gasteiger partial charge in [-0.2, -0.15) is 0 Å². The lowest BCUT2D eigenvalue weighted by atomic mass is 10.2. The Labute approximate surface area is 162 Å². The third-order valence-electron chi connectivity index (χ3n) is 3.71. The monoisotopic (exact) mass is 450 g/mol. The van der Waals surface area contributed by atoms with Crippen molar-refractivity contribution in [2.75, 3.05) is 32.2 Å². The molecule has 0 saturated carbocycles. The number of fused-ring (bicyclic) bond motifs is 1. The van der Waals surface area contributed by atoms with Gasteiger partial charge < -0.3 is 14.2 Å². The summed E-state index contributed by atoms with van der Waals surface area (Å²) in [5.41, 5.74) is 2.50. The highest BCUT2D eigenvalue weighted by atomic mass is 127. The summed E-state index contributed by atoms with van der Waals surface area (Å²) >= 11 is 2.15. The van der Waals surface area contributed by atoms with Crippen molar-refractivity contribution in [3.8, 4) is 5.69 Å². The highest BCUT2D eigenvalue weighted by Crippen LogP contribution is 2.24. The van der Waals surface area contributed by atoms with E-state index in [2.05, 4.69) is 22.6 Å². The summed E-state index contributed by atoms with van der Waals surface area (Å²) in [7, 11) is 3.91. The van der Waals surface area contributed by atoms with Gasteiger partial charge in [0.25, 0.3) is 0 Å². The minimum absolute atomic E-state index is 0.299. The standard InChI is InChI=1S/C19H20N2O2.CH3I/c1-20(2)12-13-23-19(22)18-14-15-8-6-7-11-17(15)21(18)16-9-4-3-5-10-16;1-2/h3-11,14H,12-13H2,1-2H3;1H3. The second-order valence-electron chi connectivity index (χ2n) is 5.70. The molecule has 1 aromatic heterocycles. The van der Waals surface area contributed by atoms with Gasteiger partial charge in [0.2, 0.25) is 0 Å². The van der Waals surface area contributed by atoms with Crippen LogP contribution in [0.2, 0.25) is 0 Å². The summed E-state index contributed by atoms with van der Waals surface area (Å²) in [5, 5.41) is 1.02. The van der Waals surface area contributed by atoms with Crippen molar-refractivity contribution in [3.05, 3.63) is 66.4 Å². The normalized spacial score (nSPS) is 10.4. The molecule has 132 valence electrons. The fourth-order valence-corrected chi connectivity index (χ4v) is 2.56. The molecule has 3 rings (SSSR count). The molecule has 0 N–H and O–H groups in total. The Kier molecular flexibility index (Phi) is 7.46. The molecule has 0 spiro atoms. The molecular formula is C20H23IN2O2. The van der Waals surface area contributed by atoms with E-state index in [1.807, 2.05) is 89.2 Å². The van der Waals surface area contributed by atoms with Gasteiger partial charge in [0.1, 0.15) is 12.3 Å². The van der Waals surface area contributed by atoms with E-state index in [0.717, 1.165) is 16.6 Å². The first-order chi connectivity index (χ1) is 12.2. The van der Waals surface area contributed by atoms with Crippen LogP contribution in [-0.4, -0.2) is 47.6 Å². The lowest BCUT2D eigenvalue weighted by Gasteiger charge is -2.12. The maximum atomic E-state index is 12.5. The number of esters is 1. The van der Waals surface area contributed by atoms with Crippen molar-refractivity contribution < 1.29 is 9.53 Å². The van der Waals surface area contributed by atoms with Gasteiger partial charge in [-0.05, 0) is 43.3 Å². The number of carbonyl (C=O) groups is 1. The van der Waals surface area contributed by atoms with Crippen LogP contribution in [-0.2, 0) is 4.74 Å². The summed E-state index contributed by atoms with van der Waals surface area (Å²) in [6.45, 7) is 1.08. The third-order valence-corrected chi connectivity index (χ3v) is 3.71. The molecule has 5 heteroatoms. The van der Waals surface area contributed by atoms with E-state index in [0.29, 0.717) is 18.8 Å². The van der Waals surface area contributed by atoms with Crippen LogP contribution in [0.1, 0.15) is 10.5 Å². The SMILES string of the molecule is CI.CN(C)CCOC(=O)c1cc2ccccc2n1-c1ccccc1. The highest BCUT2D eigenvalue weighted by molar-refractivity contribution is 14.1. The van der Waals surface area contributed by atoms with Crippen molar-refractivity contribution in [2.45, 2.75) is 0 Å². The number of rotatable bonds is 5. The van der Waals surface area contributed by atoms with E-state index in [9.17, 15) is 4.79 Å². The molecule has 0 unspecified atom stereocenters. The molecule has 1 heterocycles. The number of hydrogen-bond acceptors (Lipinski definition) is 3. The zero-order valence-corrected chi connectivity index (χ0v) is 16.9. The fourth-order valence-electron chi connectivity index (χ4n) is 2.56. The number of ether oxygens (including phenoxy) is 1. The van der Waals surface area contributed by atoms with Crippen molar-refractivity contribution in [2.24, 2.45) is 0 Å². The number of halogens is 1. The third kappa shape index (κ3) is 4.83. The van der Waals surface area contributed by atoms with Crippen LogP contribution >= 0.6 is 22.6 Å². The van der Waals surface area contributed by atoms with Gasteiger partial charge in [-0.25, -0.2) is 4.79 Å². The maximum absolute atomic E-state index is 12.5. The Hall–Kier alpha value is -1.86. The molecule has 0 aliphatic carbocycles. The molecule has 25 heavy (non-hydrogen) atoms. The molecule has 0 aliphatic rings. The molecule has 4 nitrogen and oxygen atoms in total. The van der Waals surface area contributed by atoms with E-state index in [1.165, 1.54) is 0 Å². The Morgan fingerprint density at radius 2 is 1.68 bits per heavy atom. The summed E-state index contributed by atoms with van der Waals surface area (Å²) in [6, 6.07) is 19.7. The highest BCUT2D eigenvalue weighted by Gasteiger charge is 2.17. The number of para-hydroxylation sites is 2. The van der Waals surface area contributed by atoms with Gasteiger partial charge in [0.15, 0.2) is 0 Å². The average Bonchev–Trinajstić information content (AvgIpc) is 3.03. The molecule has 0 fully saturated rings. The number of carbonyl (C=O) groups excluding carboxylic acids is 1. The number of hydrogen-bond donors (Lipinski definition) is 0. The lowest BCUT2D eigenvalue weighted by Crippen LogP contribution is -2.21. The Morgan fingerprint density at radius 1 is 1.04 bits per heavy atom. The van der Waals surface area contributed by atoms with Crippen LogP contribution in [0, 0.1) is 0 Å². The molecule has 0 saturated heterocycles. The minimum atomic E-state index is -0.299. The van der Waals surface area contributed by atoms with Gasteiger partial charge in [-0.1, -0.05) is 59.0 Å². The van der Waals surface area contributed by atoms with Gasteiger partial charge in [0, 0.05) is 17.6 Å². The molecule has 0 atom stereocenters. The molecule has 0 radical (unpaired) electrons.